The van der Waals surface area contributed by atoms with Gasteiger partial charge in [-0.2, -0.15) is 0 Å². The molecule has 0 aromatic heterocycles. The van der Waals surface area contributed by atoms with Crippen LogP contribution in [-0.2, 0) is 10.2 Å². The summed E-state index contributed by atoms with van der Waals surface area (Å²) in [5.74, 6) is 0.279. The molecule has 1 atom stereocenters. The molecule has 2 heterocycles. The molecule has 0 aliphatic carbocycles. The van der Waals surface area contributed by atoms with Crippen molar-refractivity contribution in [3.63, 3.8) is 0 Å². The van der Waals surface area contributed by atoms with Crippen LogP contribution in [0.3, 0.4) is 0 Å². The summed E-state index contributed by atoms with van der Waals surface area (Å²) in [5, 5.41) is 3.32. The summed E-state index contributed by atoms with van der Waals surface area (Å²) in [6.07, 6.45) is 0.930. The Labute approximate surface area is 95.4 Å². The van der Waals surface area contributed by atoms with Gasteiger partial charge < -0.3 is 10.2 Å². The van der Waals surface area contributed by atoms with Gasteiger partial charge in [0.15, 0.2) is 0 Å². The molecule has 2 aliphatic rings. The minimum Gasteiger partial charge on any atom is -0.315 e. The first-order valence-electron chi connectivity index (χ1n) is 5.92. The molecule has 0 radical (unpaired) electrons. The van der Waals surface area contributed by atoms with Crippen LogP contribution in [0.1, 0.15) is 18.9 Å². The summed E-state index contributed by atoms with van der Waals surface area (Å²) in [7, 11) is 0. The topological polar surface area (TPSA) is 32.3 Å². The first-order chi connectivity index (χ1) is 7.79. The Balaban J connectivity index is 2.19. The zero-order valence-electron chi connectivity index (χ0n) is 9.49. The Kier molecular flexibility index (Phi) is 2.04. The average Bonchev–Trinajstić information content (AvgIpc) is 2.88. The first-order valence-corrected chi connectivity index (χ1v) is 5.92. The highest BCUT2D eigenvalue weighted by Crippen LogP contribution is 2.44. The molecule has 1 saturated heterocycles. The maximum atomic E-state index is 12.5. The van der Waals surface area contributed by atoms with E-state index in [1.807, 2.05) is 24.0 Å². The van der Waals surface area contributed by atoms with Crippen LogP contribution in [0.15, 0.2) is 24.3 Å². The highest BCUT2D eigenvalue weighted by atomic mass is 16.2. The van der Waals surface area contributed by atoms with Crippen LogP contribution in [0.2, 0.25) is 0 Å². The van der Waals surface area contributed by atoms with E-state index in [1.165, 1.54) is 5.56 Å². The average molecular weight is 216 g/mol. The standard InChI is InChI=1S/C13H16N2O/c1-2-15-11-6-4-3-5-10(11)13(12(15)16)7-8-14-9-13/h3-6,14H,2,7-9H2,1H3/t13-/m1/s1. The lowest BCUT2D eigenvalue weighted by Gasteiger charge is -2.21. The predicted molar refractivity (Wildman–Crippen MR) is 63.6 cm³/mol. The Hall–Kier alpha value is -1.35. The normalized spacial score (nSPS) is 27.8. The molecule has 1 aromatic carbocycles. The van der Waals surface area contributed by atoms with Crippen molar-refractivity contribution in [2.24, 2.45) is 0 Å². The van der Waals surface area contributed by atoms with Crippen molar-refractivity contribution in [3.05, 3.63) is 29.8 Å². The van der Waals surface area contributed by atoms with Gasteiger partial charge in [0.05, 0.1) is 5.41 Å². The third-order valence-electron chi connectivity index (χ3n) is 3.84. The second-order valence-corrected chi connectivity index (χ2v) is 4.58. The van der Waals surface area contributed by atoms with Crippen LogP contribution >= 0.6 is 0 Å². The van der Waals surface area contributed by atoms with E-state index in [2.05, 4.69) is 17.4 Å². The third-order valence-corrected chi connectivity index (χ3v) is 3.84. The first kappa shape index (κ1) is 9.85. The van der Waals surface area contributed by atoms with Crippen molar-refractivity contribution in [2.45, 2.75) is 18.8 Å². The molecule has 3 nitrogen and oxygen atoms in total. The fourth-order valence-electron chi connectivity index (χ4n) is 3.01. The predicted octanol–water partition coefficient (Wildman–Crippen LogP) is 1.28. The number of anilines is 1. The Morgan fingerprint density at radius 3 is 2.94 bits per heavy atom. The summed E-state index contributed by atoms with van der Waals surface area (Å²) < 4.78 is 0. The number of hydrogen-bond donors (Lipinski definition) is 1. The number of hydrogen-bond acceptors (Lipinski definition) is 2. The van der Waals surface area contributed by atoms with Crippen LogP contribution in [0.25, 0.3) is 0 Å². The highest BCUT2D eigenvalue weighted by molar-refractivity contribution is 6.08. The summed E-state index contributed by atoms with van der Waals surface area (Å²) in [4.78, 5) is 14.4. The maximum Gasteiger partial charge on any atom is 0.239 e. The number of carbonyl (C=O) groups is 1. The van der Waals surface area contributed by atoms with Crippen LogP contribution in [-0.4, -0.2) is 25.5 Å². The minimum absolute atomic E-state index is 0.271. The van der Waals surface area contributed by atoms with E-state index in [4.69, 9.17) is 0 Å². The lowest BCUT2D eigenvalue weighted by Crippen LogP contribution is -2.41. The van der Waals surface area contributed by atoms with Gasteiger partial charge in [0.2, 0.25) is 5.91 Å². The molecule has 0 unspecified atom stereocenters. The van der Waals surface area contributed by atoms with Crippen molar-refractivity contribution < 1.29 is 4.79 Å². The lowest BCUT2D eigenvalue weighted by atomic mass is 9.81. The second kappa shape index (κ2) is 3.32. The Morgan fingerprint density at radius 2 is 2.25 bits per heavy atom. The minimum atomic E-state index is -0.271. The number of amides is 1. The molecule has 2 aliphatic heterocycles. The molecule has 0 bridgehead atoms. The molecular formula is C13H16N2O. The number of para-hydroxylation sites is 1. The van der Waals surface area contributed by atoms with E-state index in [9.17, 15) is 4.79 Å². The van der Waals surface area contributed by atoms with E-state index in [0.29, 0.717) is 0 Å². The number of nitrogens with zero attached hydrogens (tertiary/aromatic N) is 1. The molecule has 0 saturated carbocycles. The quantitative estimate of drug-likeness (QED) is 0.767. The molecule has 3 rings (SSSR count). The van der Waals surface area contributed by atoms with E-state index < -0.39 is 0 Å². The monoisotopic (exact) mass is 216 g/mol. The van der Waals surface area contributed by atoms with Gasteiger partial charge in [0.25, 0.3) is 0 Å². The van der Waals surface area contributed by atoms with E-state index >= 15 is 0 Å². The van der Waals surface area contributed by atoms with Crippen molar-refractivity contribution in [3.8, 4) is 0 Å². The van der Waals surface area contributed by atoms with Crippen molar-refractivity contribution in [1.29, 1.82) is 0 Å². The summed E-state index contributed by atoms with van der Waals surface area (Å²) in [6, 6.07) is 8.21. The molecule has 1 N–H and O–H groups in total. The van der Waals surface area contributed by atoms with E-state index in [1.54, 1.807) is 0 Å². The number of carbonyl (C=O) groups excluding carboxylic acids is 1. The van der Waals surface area contributed by atoms with Gasteiger partial charge in [0, 0.05) is 18.8 Å². The molecule has 16 heavy (non-hydrogen) atoms. The number of benzene rings is 1. The van der Waals surface area contributed by atoms with Crippen molar-refractivity contribution >= 4 is 11.6 Å². The highest BCUT2D eigenvalue weighted by Gasteiger charge is 2.51. The lowest BCUT2D eigenvalue weighted by molar-refractivity contribution is -0.122. The van der Waals surface area contributed by atoms with Gasteiger partial charge in [-0.3, -0.25) is 4.79 Å². The fourth-order valence-corrected chi connectivity index (χ4v) is 3.01. The Morgan fingerprint density at radius 1 is 1.44 bits per heavy atom. The largest absolute Gasteiger partial charge is 0.315 e. The Bertz CT molecular complexity index is 435. The van der Waals surface area contributed by atoms with Crippen LogP contribution in [0, 0.1) is 0 Å². The van der Waals surface area contributed by atoms with Gasteiger partial charge in [-0.25, -0.2) is 0 Å². The van der Waals surface area contributed by atoms with Gasteiger partial charge in [-0.05, 0) is 31.5 Å². The summed E-state index contributed by atoms with van der Waals surface area (Å²) in [5.41, 5.74) is 2.05. The number of rotatable bonds is 1. The molecule has 1 amide bonds. The maximum absolute atomic E-state index is 12.5. The van der Waals surface area contributed by atoms with E-state index in [-0.39, 0.29) is 11.3 Å². The van der Waals surface area contributed by atoms with Crippen LogP contribution in [0.5, 0.6) is 0 Å². The molecule has 3 heteroatoms. The van der Waals surface area contributed by atoms with E-state index in [0.717, 1.165) is 31.7 Å². The molecule has 1 fully saturated rings. The molecule has 1 aromatic rings. The smallest absolute Gasteiger partial charge is 0.239 e. The number of likely N-dealkylation sites (N-methyl/N-ethyl adjacent to an activating group) is 1. The zero-order chi connectivity index (χ0) is 11.2. The third kappa shape index (κ3) is 1.04. The molecular weight excluding hydrogens is 200 g/mol. The zero-order valence-corrected chi connectivity index (χ0v) is 9.49. The van der Waals surface area contributed by atoms with Crippen LogP contribution < -0.4 is 10.2 Å². The number of nitrogens with one attached hydrogen (secondary N) is 1. The molecule has 84 valence electrons. The van der Waals surface area contributed by atoms with Crippen molar-refractivity contribution in [2.75, 3.05) is 24.5 Å². The SMILES string of the molecule is CCN1C(=O)[C@@]2(CCNC2)c2ccccc21. The van der Waals surface area contributed by atoms with Crippen LogP contribution in [0.4, 0.5) is 5.69 Å². The summed E-state index contributed by atoms with van der Waals surface area (Å²) >= 11 is 0. The van der Waals surface area contributed by atoms with Gasteiger partial charge in [0.1, 0.15) is 0 Å². The van der Waals surface area contributed by atoms with Gasteiger partial charge in [-0.1, -0.05) is 18.2 Å². The van der Waals surface area contributed by atoms with Gasteiger partial charge >= 0.3 is 0 Å². The van der Waals surface area contributed by atoms with Crippen molar-refractivity contribution in [1.82, 2.24) is 5.32 Å². The summed E-state index contributed by atoms with van der Waals surface area (Å²) in [6.45, 7) is 4.53. The second-order valence-electron chi connectivity index (χ2n) is 4.58. The molecule has 1 spiro atoms. The number of fused-ring (bicyclic) bond motifs is 2. The fraction of sp³-hybridized carbons (Fsp3) is 0.462. The van der Waals surface area contributed by atoms with Gasteiger partial charge in [-0.15, -0.1) is 0 Å².